The van der Waals surface area contributed by atoms with Crippen LogP contribution in [0.15, 0.2) is 48.5 Å². The molecule has 0 aromatic heterocycles. The number of rotatable bonds is 4. The first-order valence-corrected chi connectivity index (χ1v) is 7.70. The first kappa shape index (κ1) is 14.7. The van der Waals surface area contributed by atoms with E-state index in [0.717, 1.165) is 44.2 Å². The maximum Gasteiger partial charge on any atom is 0.119 e. The van der Waals surface area contributed by atoms with Crippen molar-refractivity contribution >= 4 is 11.4 Å². The molecule has 1 saturated heterocycles. The molecule has 0 spiro atoms. The standard InChI is InChI=1S/C18H23N3O/c1-22-18-7-2-4-15(12-18)14-20-8-10-21(11-9-20)17-6-3-5-16(19)13-17/h2-7,12-13H,8-11,14,19H2,1H3. The number of nitrogen functional groups attached to an aromatic ring is 1. The van der Waals surface area contributed by atoms with Crippen molar-refractivity contribution in [3.05, 3.63) is 54.1 Å². The lowest BCUT2D eigenvalue weighted by Crippen LogP contribution is -2.45. The van der Waals surface area contributed by atoms with Crippen LogP contribution in [0.1, 0.15) is 5.56 Å². The molecule has 4 nitrogen and oxygen atoms in total. The summed E-state index contributed by atoms with van der Waals surface area (Å²) in [4.78, 5) is 4.88. The average Bonchev–Trinajstić information content (AvgIpc) is 2.56. The second-order valence-corrected chi connectivity index (χ2v) is 5.71. The molecule has 1 aliphatic rings. The summed E-state index contributed by atoms with van der Waals surface area (Å²) in [6.45, 7) is 5.17. The number of methoxy groups -OCH3 is 1. The predicted octanol–water partition coefficient (Wildman–Crippen LogP) is 2.60. The van der Waals surface area contributed by atoms with Crippen LogP contribution in [0.5, 0.6) is 5.75 Å². The van der Waals surface area contributed by atoms with Crippen molar-refractivity contribution in [2.45, 2.75) is 6.54 Å². The lowest BCUT2D eigenvalue weighted by atomic mass is 10.1. The molecule has 4 heteroatoms. The molecule has 0 unspecified atom stereocenters. The van der Waals surface area contributed by atoms with Crippen LogP contribution in [0.25, 0.3) is 0 Å². The molecule has 0 radical (unpaired) electrons. The maximum absolute atomic E-state index is 5.87. The Morgan fingerprint density at radius 1 is 1.00 bits per heavy atom. The largest absolute Gasteiger partial charge is 0.497 e. The average molecular weight is 297 g/mol. The van der Waals surface area contributed by atoms with Gasteiger partial charge < -0.3 is 15.4 Å². The normalized spacial score (nSPS) is 15.8. The van der Waals surface area contributed by atoms with Crippen molar-refractivity contribution in [1.82, 2.24) is 4.90 Å². The van der Waals surface area contributed by atoms with Gasteiger partial charge in [0, 0.05) is 44.1 Å². The molecule has 1 heterocycles. The molecule has 2 N–H and O–H groups in total. The minimum atomic E-state index is 0.830. The van der Waals surface area contributed by atoms with Crippen LogP contribution in [0.3, 0.4) is 0 Å². The maximum atomic E-state index is 5.87. The smallest absolute Gasteiger partial charge is 0.119 e. The van der Waals surface area contributed by atoms with Gasteiger partial charge in [-0.1, -0.05) is 18.2 Å². The summed E-state index contributed by atoms with van der Waals surface area (Å²) in [5.74, 6) is 0.927. The predicted molar refractivity (Wildman–Crippen MR) is 91.3 cm³/mol. The fourth-order valence-electron chi connectivity index (χ4n) is 2.91. The number of piperazine rings is 1. The molecule has 2 aromatic carbocycles. The Bertz CT molecular complexity index is 621. The van der Waals surface area contributed by atoms with Crippen molar-refractivity contribution in [1.29, 1.82) is 0 Å². The number of hydrogen-bond acceptors (Lipinski definition) is 4. The van der Waals surface area contributed by atoms with Crippen molar-refractivity contribution in [2.24, 2.45) is 0 Å². The minimum absolute atomic E-state index is 0.830. The third-order valence-electron chi connectivity index (χ3n) is 4.15. The van der Waals surface area contributed by atoms with E-state index < -0.39 is 0 Å². The molecule has 116 valence electrons. The van der Waals surface area contributed by atoms with E-state index in [0.29, 0.717) is 0 Å². The van der Waals surface area contributed by atoms with E-state index in [9.17, 15) is 0 Å². The van der Waals surface area contributed by atoms with Crippen LogP contribution in [0.2, 0.25) is 0 Å². The number of nitrogens with two attached hydrogens (primary N) is 1. The molecule has 3 rings (SSSR count). The zero-order valence-corrected chi connectivity index (χ0v) is 13.0. The summed E-state index contributed by atoms with van der Waals surface area (Å²) >= 11 is 0. The van der Waals surface area contributed by atoms with Crippen molar-refractivity contribution < 1.29 is 4.74 Å². The van der Waals surface area contributed by atoms with E-state index in [4.69, 9.17) is 10.5 Å². The summed E-state index contributed by atoms with van der Waals surface area (Å²) in [5.41, 5.74) is 9.23. The molecule has 0 aliphatic carbocycles. The highest BCUT2D eigenvalue weighted by molar-refractivity contribution is 5.56. The summed E-state index contributed by atoms with van der Waals surface area (Å²) in [5, 5.41) is 0. The first-order chi connectivity index (χ1) is 10.7. The number of nitrogens with zero attached hydrogens (tertiary/aromatic N) is 2. The van der Waals surface area contributed by atoms with E-state index in [-0.39, 0.29) is 0 Å². The highest BCUT2D eigenvalue weighted by Gasteiger charge is 2.17. The second-order valence-electron chi connectivity index (χ2n) is 5.71. The molecular weight excluding hydrogens is 274 g/mol. The Balaban J connectivity index is 1.57. The molecule has 2 aromatic rings. The van der Waals surface area contributed by atoms with Gasteiger partial charge in [0.05, 0.1) is 7.11 Å². The third-order valence-corrected chi connectivity index (χ3v) is 4.15. The quantitative estimate of drug-likeness (QED) is 0.881. The Morgan fingerprint density at radius 3 is 2.50 bits per heavy atom. The Hall–Kier alpha value is -2.20. The zero-order chi connectivity index (χ0) is 15.4. The van der Waals surface area contributed by atoms with Gasteiger partial charge in [0.1, 0.15) is 5.75 Å². The number of anilines is 2. The fraction of sp³-hybridized carbons (Fsp3) is 0.333. The van der Waals surface area contributed by atoms with Crippen molar-refractivity contribution in [2.75, 3.05) is 43.9 Å². The van der Waals surface area contributed by atoms with Gasteiger partial charge in [0.15, 0.2) is 0 Å². The molecule has 0 amide bonds. The van der Waals surface area contributed by atoms with Gasteiger partial charge >= 0.3 is 0 Å². The monoisotopic (exact) mass is 297 g/mol. The van der Waals surface area contributed by atoms with Crippen LogP contribution < -0.4 is 15.4 Å². The topological polar surface area (TPSA) is 41.7 Å². The van der Waals surface area contributed by atoms with Gasteiger partial charge in [-0.05, 0) is 35.9 Å². The van der Waals surface area contributed by atoms with Gasteiger partial charge in [-0.2, -0.15) is 0 Å². The Kier molecular flexibility index (Phi) is 4.49. The van der Waals surface area contributed by atoms with E-state index in [1.54, 1.807) is 7.11 Å². The highest BCUT2D eigenvalue weighted by Crippen LogP contribution is 2.20. The second kappa shape index (κ2) is 6.71. The van der Waals surface area contributed by atoms with Crippen molar-refractivity contribution in [3.63, 3.8) is 0 Å². The van der Waals surface area contributed by atoms with Gasteiger partial charge in [-0.25, -0.2) is 0 Å². The fourth-order valence-corrected chi connectivity index (χ4v) is 2.91. The Labute approximate surface area is 132 Å². The zero-order valence-electron chi connectivity index (χ0n) is 13.0. The minimum Gasteiger partial charge on any atom is -0.497 e. The number of benzene rings is 2. The number of ether oxygens (including phenoxy) is 1. The summed E-state index contributed by atoms with van der Waals surface area (Å²) in [7, 11) is 1.71. The summed E-state index contributed by atoms with van der Waals surface area (Å²) < 4.78 is 5.29. The lowest BCUT2D eigenvalue weighted by molar-refractivity contribution is 0.249. The van der Waals surface area contributed by atoms with Crippen LogP contribution in [-0.4, -0.2) is 38.2 Å². The third kappa shape index (κ3) is 3.52. The van der Waals surface area contributed by atoms with Gasteiger partial charge in [0.2, 0.25) is 0 Å². The van der Waals surface area contributed by atoms with E-state index in [1.807, 2.05) is 18.2 Å². The number of hydrogen-bond donors (Lipinski definition) is 1. The molecule has 1 aliphatic heterocycles. The van der Waals surface area contributed by atoms with Gasteiger partial charge in [0.25, 0.3) is 0 Å². The highest BCUT2D eigenvalue weighted by atomic mass is 16.5. The van der Waals surface area contributed by atoms with Gasteiger partial charge in [-0.3, -0.25) is 4.90 Å². The van der Waals surface area contributed by atoms with Crippen LogP contribution >= 0.6 is 0 Å². The first-order valence-electron chi connectivity index (χ1n) is 7.70. The molecule has 1 fully saturated rings. The van der Waals surface area contributed by atoms with Crippen LogP contribution in [0, 0.1) is 0 Å². The summed E-state index contributed by atoms with van der Waals surface area (Å²) in [6, 6.07) is 16.5. The molecule has 0 atom stereocenters. The van der Waals surface area contributed by atoms with E-state index >= 15 is 0 Å². The Morgan fingerprint density at radius 2 is 1.77 bits per heavy atom. The van der Waals surface area contributed by atoms with Crippen molar-refractivity contribution in [3.8, 4) is 5.75 Å². The molecular formula is C18H23N3O. The summed E-state index contributed by atoms with van der Waals surface area (Å²) in [6.07, 6.45) is 0. The lowest BCUT2D eigenvalue weighted by Gasteiger charge is -2.36. The van der Waals surface area contributed by atoms with Gasteiger partial charge in [-0.15, -0.1) is 0 Å². The molecule has 22 heavy (non-hydrogen) atoms. The molecule has 0 bridgehead atoms. The van der Waals surface area contributed by atoms with E-state index in [2.05, 4.69) is 40.1 Å². The van der Waals surface area contributed by atoms with E-state index in [1.165, 1.54) is 11.3 Å². The van der Waals surface area contributed by atoms with Crippen LogP contribution in [-0.2, 0) is 6.54 Å². The van der Waals surface area contributed by atoms with Crippen LogP contribution in [0.4, 0.5) is 11.4 Å². The SMILES string of the molecule is COc1cccc(CN2CCN(c3cccc(N)c3)CC2)c1. The molecule has 0 saturated carbocycles.